The van der Waals surface area contributed by atoms with Gasteiger partial charge in [0.15, 0.2) is 0 Å². The molecule has 1 heterocycles. The third-order valence-corrected chi connectivity index (χ3v) is 4.34. The average molecular weight is 305 g/mol. The second kappa shape index (κ2) is 6.54. The van der Waals surface area contributed by atoms with Gasteiger partial charge < -0.3 is 10.1 Å². The maximum absolute atomic E-state index is 12.4. The van der Waals surface area contributed by atoms with E-state index < -0.39 is 16.1 Å². The number of imidazole rings is 1. The van der Waals surface area contributed by atoms with E-state index in [1.54, 1.807) is 37.5 Å². The van der Waals surface area contributed by atoms with Crippen LogP contribution in [0.15, 0.2) is 41.6 Å². The van der Waals surface area contributed by atoms with E-state index in [2.05, 4.69) is 26.5 Å². The Morgan fingerprint density at radius 3 is 2.86 bits per heavy atom. The van der Waals surface area contributed by atoms with E-state index in [0.29, 0.717) is 11.4 Å². The molecule has 7 heteroatoms. The first kappa shape index (κ1) is 15.3. The summed E-state index contributed by atoms with van der Waals surface area (Å²) in [7, 11) is -3.74. The highest BCUT2D eigenvalue weighted by Gasteiger charge is 2.21. The highest BCUT2D eigenvalue weighted by molar-refractivity contribution is 7.89. The van der Waals surface area contributed by atoms with Gasteiger partial charge in [-0.2, -0.15) is 0 Å². The second-order valence-electron chi connectivity index (χ2n) is 4.27. The van der Waals surface area contributed by atoms with Crippen molar-refractivity contribution in [3.63, 3.8) is 0 Å². The van der Waals surface area contributed by atoms with Gasteiger partial charge in [-0.1, -0.05) is 24.0 Å². The Morgan fingerprint density at radius 2 is 2.19 bits per heavy atom. The van der Waals surface area contributed by atoms with Gasteiger partial charge in [0, 0.05) is 18.0 Å². The van der Waals surface area contributed by atoms with Crippen LogP contribution < -0.4 is 4.72 Å². The number of H-pyrrole nitrogens is 1. The standard InChI is InChI=1S/C14H15N3O3S/c1-11(14-15-8-9-16-14)17-21(19,20)13-7-3-2-5-12(13)6-4-10-18/h2-3,5,7-9,11,17-18H,10H2,1H3,(H,15,16). The number of hydrogen-bond acceptors (Lipinski definition) is 4. The molecule has 1 aromatic carbocycles. The molecule has 2 aromatic rings. The molecule has 3 N–H and O–H groups in total. The number of benzene rings is 1. The summed E-state index contributed by atoms with van der Waals surface area (Å²) in [5.74, 6) is 5.61. The number of rotatable bonds is 4. The van der Waals surface area contributed by atoms with Gasteiger partial charge in [-0.3, -0.25) is 0 Å². The maximum atomic E-state index is 12.4. The summed E-state index contributed by atoms with van der Waals surface area (Å²) >= 11 is 0. The molecule has 0 amide bonds. The van der Waals surface area contributed by atoms with Gasteiger partial charge in [0.05, 0.1) is 10.9 Å². The van der Waals surface area contributed by atoms with Crippen molar-refractivity contribution in [3.05, 3.63) is 48.0 Å². The van der Waals surface area contributed by atoms with Crippen LogP contribution in [0.3, 0.4) is 0 Å². The molecular formula is C14H15N3O3S. The summed E-state index contributed by atoms with van der Waals surface area (Å²) < 4.78 is 27.4. The molecule has 1 atom stereocenters. The number of aromatic amines is 1. The molecule has 0 saturated carbocycles. The summed E-state index contributed by atoms with van der Waals surface area (Å²) in [6.45, 7) is 1.36. The number of aliphatic hydroxyl groups excluding tert-OH is 1. The fourth-order valence-electron chi connectivity index (χ4n) is 1.81. The monoisotopic (exact) mass is 305 g/mol. The molecule has 1 unspecified atom stereocenters. The summed E-state index contributed by atoms with van der Waals surface area (Å²) in [5.41, 5.74) is 0.339. The molecule has 1 aromatic heterocycles. The average Bonchev–Trinajstić information content (AvgIpc) is 2.99. The minimum atomic E-state index is -3.74. The van der Waals surface area contributed by atoms with E-state index in [4.69, 9.17) is 5.11 Å². The highest BCUT2D eigenvalue weighted by Crippen LogP contribution is 2.17. The van der Waals surface area contributed by atoms with Crippen LogP contribution in [0.4, 0.5) is 0 Å². The summed E-state index contributed by atoms with van der Waals surface area (Å²) in [6, 6.07) is 5.88. The lowest BCUT2D eigenvalue weighted by Gasteiger charge is -2.13. The topological polar surface area (TPSA) is 95.1 Å². The molecule has 0 aliphatic rings. The SMILES string of the molecule is CC(NS(=O)(=O)c1ccccc1C#CCO)c1ncc[nH]1. The van der Waals surface area contributed by atoms with Crippen molar-refractivity contribution in [2.45, 2.75) is 17.9 Å². The fourth-order valence-corrected chi connectivity index (χ4v) is 3.18. The number of nitrogens with zero attached hydrogens (tertiary/aromatic N) is 1. The summed E-state index contributed by atoms with van der Waals surface area (Å²) in [5, 5.41) is 8.74. The van der Waals surface area contributed by atoms with E-state index in [-0.39, 0.29) is 11.5 Å². The van der Waals surface area contributed by atoms with Gasteiger partial charge in [-0.15, -0.1) is 0 Å². The van der Waals surface area contributed by atoms with Crippen LogP contribution in [0.25, 0.3) is 0 Å². The van der Waals surface area contributed by atoms with Crippen LogP contribution in [0, 0.1) is 11.8 Å². The first-order valence-electron chi connectivity index (χ1n) is 6.25. The zero-order valence-electron chi connectivity index (χ0n) is 11.4. The molecule has 0 aliphatic carbocycles. The van der Waals surface area contributed by atoms with E-state index in [1.807, 2.05) is 0 Å². The molecule has 2 rings (SSSR count). The predicted molar refractivity (Wildman–Crippen MR) is 77.7 cm³/mol. The Labute approximate surface area is 123 Å². The van der Waals surface area contributed by atoms with Crippen molar-refractivity contribution in [1.82, 2.24) is 14.7 Å². The lowest BCUT2D eigenvalue weighted by Crippen LogP contribution is -2.28. The number of aliphatic hydroxyl groups is 1. The maximum Gasteiger partial charge on any atom is 0.242 e. The Kier molecular flexibility index (Phi) is 4.75. The summed E-state index contributed by atoms with van der Waals surface area (Å²) in [4.78, 5) is 6.96. The minimum absolute atomic E-state index is 0.0735. The Hall–Kier alpha value is -2.14. The zero-order valence-corrected chi connectivity index (χ0v) is 12.2. The van der Waals surface area contributed by atoms with Crippen molar-refractivity contribution in [2.75, 3.05) is 6.61 Å². The molecule has 0 radical (unpaired) electrons. The zero-order chi connectivity index (χ0) is 15.3. The van der Waals surface area contributed by atoms with Gasteiger partial charge in [-0.05, 0) is 19.1 Å². The number of hydrogen-bond donors (Lipinski definition) is 3. The predicted octanol–water partition coefficient (Wildman–Crippen LogP) is 0.793. The molecule has 0 fully saturated rings. The Balaban J connectivity index is 2.32. The van der Waals surface area contributed by atoms with E-state index in [1.165, 1.54) is 6.07 Å². The quantitative estimate of drug-likeness (QED) is 0.728. The van der Waals surface area contributed by atoms with Crippen LogP contribution in [0.5, 0.6) is 0 Å². The van der Waals surface area contributed by atoms with Crippen molar-refractivity contribution >= 4 is 10.0 Å². The summed E-state index contributed by atoms with van der Waals surface area (Å²) in [6.07, 6.45) is 3.18. The Morgan fingerprint density at radius 1 is 1.43 bits per heavy atom. The van der Waals surface area contributed by atoms with E-state index in [9.17, 15) is 8.42 Å². The second-order valence-corrected chi connectivity index (χ2v) is 5.96. The highest BCUT2D eigenvalue weighted by atomic mass is 32.2. The van der Waals surface area contributed by atoms with Crippen LogP contribution in [-0.2, 0) is 10.0 Å². The van der Waals surface area contributed by atoms with Crippen LogP contribution in [0.1, 0.15) is 24.4 Å². The lowest BCUT2D eigenvalue weighted by atomic mass is 10.2. The molecule has 0 saturated heterocycles. The van der Waals surface area contributed by atoms with Crippen molar-refractivity contribution < 1.29 is 13.5 Å². The van der Waals surface area contributed by atoms with Gasteiger partial charge in [0.25, 0.3) is 0 Å². The van der Waals surface area contributed by atoms with Gasteiger partial charge in [0.1, 0.15) is 12.4 Å². The van der Waals surface area contributed by atoms with Gasteiger partial charge >= 0.3 is 0 Å². The molecule has 110 valence electrons. The number of sulfonamides is 1. The molecule has 6 nitrogen and oxygen atoms in total. The first-order chi connectivity index (χ1) is 10.0. The smallest absolute Gasteiger partial charge is 0.242 e. The molecule has 0 aliphatic heterocycles. The van der Waals surface area contributed by atoms with E-state index >= 15 is 0 Å². The van der Waals surface area contributed by atoms with Crippen LogP contribution in [-0.4, -0.2) is 30.1 Å². The lowest BCUT2D eigenvalue weighted by molar-refractivity contribution is 0.350. The van der Waals surface area contributed by atoms with Crippen molar-refractivity contribution in [1.29, 1.82) is 0 Å². The van der Waals surface area contributed by atoms with Crippen LogP contribution >= 0.6 is 0 Å². The van der Waals surface area contributed by atoms with E-state index in [0.717, 1.165) is 0 Å². The first-order valence-corrected chi connectivity index (χ1v) is 7.73. The molecule has 0 bridgehead atoms. The van der Waals surface area contributed by atoms with Gasteiger partial charge in [-0.25, -0.2) is 18.1 Å². The molecule has 0 spiro atoms. The fraction of sp³-hybridized carbons (Fsp3) is 0.214. The third-order valence-electron chi connectivity index (χ3n) is 2.74. The van der Waals surface area contributed by atoms with Gasteiger partial charge in [0.2, 0.25) is 10.0 Å². The van der Waals surface area contributed by atoms with Crippen molar-refractivity contribution in [2.24, 2.45) is 0 Å². The third kappa shape index (κ3) is 3.70. The molecular weight excluding hydrogens is 290 g/mol. The number of nitrogens with one attached hydrogen (secondary N) is 2. The largest absolute Gasteiger partial charge is 0.384 e. The van der Waals surface area contributed by atoms with Crippen LogP contribution in [0.2, 0.25) is 0 Å². The number of aromatic nitrogens is 2. The normalized spacial score (nSPS) is 12.5. The Bertz CT molecular complexity index is 758. The molecule has 21 heavy (non-hydrogen) atoms. The van der Waals surface area contributed by atoms with Crippen molar-refractivity contribution in [3.8, 4) is 11.8 Å². The minimum Gasteiger partial charge on any atom is -0.384 e.